The summed E-state index contributed by atoms with van der Waals surface area (Å²) in [6.07, 6.45) is 6.23. The molecule has 4 heteroatoms. The lowest BCUT2D eigenvalue weighted by atomic mass is 9.82. The first-order valence-corrected chi connectivity index (χ1v) is 6.52. The molecule has 0 radical (unpaired) electrons. The lowest BCUT2D eigenvalue weighted by Crippen LogP contribution is -2.44. The minimum atomic E-state index is 0.487. The van der Waals surface area contributed by atoms with Crippen molar-refractivity contribution in [3.8, 4) is 0 Å². The van der Waals surface area contributed by atoms with Crippen LogP contribution in [-0.4, -0.2) is 30.0 Å². The van der Waals surface area contributed by atoms with E-state index in [2.05, 4.69) is 29.2 Å². The number of likely N-dealkylation sites (tertiary alicyclic amines) is 1. The molecule has 0 unspecified atom stereocenters. The maximum atomic E-state index is 5.58. The maximum Gasteiger partial charge on any atom is 0.208 e. The summed E-state index contributed by atoms with van der Waals surface area (Å²) in [7, 11) is 0. The predicted octanol–water partition coefficient (Wildman–Crippen LogP) is 1.48. The monoisotopic (exact) mass is 224 g/mol. The summed E-state index contributed by atoms with van der Waals surface area (Å²) in [6.45, 7) is 6.79. The highest BCUT2D eigenvalue weighted by molar-refractivity contribution is 5.80. The highest BCUT2D eigenvalue weighted by Crippen LogP contribution is 2.37. The SMILES string of the molecule is CCC1(CC)CCN(C(=NC2CC2)NN)C1. The molecule has 0 bridgehead atoms. The molecule has 1 aliphatic heterocycles. The molecule has 1 aliphatic carbocycles. The molecule has 1 saturated heterocycles. The molecule has 4 nitrogen and oxygen atoms in total. The molecule has 0 aromatic rings. The maximum absolute atomic E-state index is 5.58. The fourth-order valence-electron chi connectivity index (χ4n) is 2.53. The van der Waals surface area contributed by atoms with Crippen LogP contribution in [-0.2, 0) is 0 Å². The molecule has 0 amide bonds. The van der Waals surface area contributed by atoms with Gasteiger partial charge in [0.15, 0.2) is 0 Å². The molecule has 2 aliphatic rings. The van der Waals surface area contributed by atoms with Crippen LogP contribution in [0.15, 0.2) is 4.99 Å². The second kappa shape index (κ2) is 4.62. The molecule has 3 N–H and O–H groups in total. The third kappa shape index (κ3) is 2.32. The lowest BCUT2D eigenvalue weighted by Gasteiger charge is -2.27. The van der Waals surface area contributed by atoms with Crippen LogP contribution >= 0.6 is 0 Å². The number of rotatable bonds is 3. The van der Waals surface area contributed by atoms with Crippen molar-refractivity contribution in [3.05, 3.63) is 0 Å². The van der Waals surface area contributed by atoms with Gasteiger partial charge in [-0.15, -0.1) is 0 Å². The molecule has 0 spiro atoms. The average molecular weight is 224 g/mol. The number of nitrogens with one attached hydrogen (secondary N) is 1. The summed E-state index contributed by atoms with van der Waals surface area (Å²) in [5.41, 5.74) is 3.26. The van der Waals surface area contributed by atoms with Gasteiger partial charge in [-0.3, -0.25) is 5.43 Å². The number of aliphatic imine (C=N–C) groups is 1. The van der Waals surface area contributed by atoms with E-state index in [4.69, 9.17) is 5.84 Å². The van der Waals surface area contributed by atoms with Crippen LogP contribution in [0.4, 0.5) is 0 Å². The number of nitrogens with zero attached hydrogens (tertiary/aromatic N) is 2. The standard InChI is InChI=1S/C12H24N4/c1-3-12(4-2)7-8-16(9-12)11(15-13)14-10-5-6-10/h10H,3-9,13H2,1-2H3,(H,14,15). The van der Waals surface area contributed by atoms with Crippen LogP contribution in [0.2, 0.25) is 0 Å². The Morgan fingerprint density at radius 3 is 2.56 bits per heavy atom. The van der Waals surface area contributed by atoms with Crippen LogP contribution in [0, 0.1) is 5.41 Å². The summed E-state index contributed by atoms with van der Waals surface area (Å²) in [5, 5.41) is 0. The van der Waals surface area contributed by atoms with E-state index in [1.165, 1.54) is 32.1 Å². The molecule has 92 valence electrons. The topological polar surface area (TPSA) is 53.6 Å². The predicted molar refractivity (Wildman–Crippen MR) is 67.0 cm³/mol. The van der Waals surface area contributed by atoms with E-state index in [1.54, 1.807) is 0 Å². The Morgan fingerprint density at radius 1 is 1.44 bits per heavy atom. The Kier molecular flexibility index (Phi) is 3.38. The van der Waals surface area contributed by atoms with E-state index in [-0.39, 0.29) is 0 Å². The van der Waals surface area contributed by atoms with Gasteiger partial charge in [-0.05, 0) is 37.5 Å². The van der Waals surface area contributed by atoms with Crippen LogP contribution in [0.25, 0.3) is 0 Å². The van der Waals surface area contributed by atoms with Crippen molar-refractivity contribution in [2.24, 2.45) is 16.3 Å². The van der Waals surface area contributed by atoms with Gasteiger partial charge in [-0.1, -0.05) is 13.8 Å². The molecule has 0 aromatic heterocycles. The fourth-order valence-corrected chi connectivity index (χ4v) is 2.53. The molecular formula is C12H24N4. The largest absolute Gasteiger partial charge is 0.341 e. The molecule has 0 aromatic carbocycles. The summed E-state index contributed by atoms with van der Waals surface area (Å²) in [4.78, 5) is 6.95. The van der Waals surface area contributed by atoms with Crippen molar-refractivity contribution in [2.45, 2.75) is 52.0 Å². The van der Waals surface area contributed by atoms with Crippen molar-refractivity contribution < 1.29 is 0 Å². The van der Waals surface area contributed by atoms with Crippen LogP contribution in [0.3, 0.4) is 0 Å². The van der Waals surface area contributed by atoms with Crippen molar-refractivity contribution in [3.63, 3.8) is 0 Å². The van der Waals surface area contributed by atoms with Crippen LogP contribution < -0.4 is 11.3 Å². The Balaban J connectivity index is 2.00. The molecular weight excluding hydrogens is 200 g/mol. The zero-order valence-corrected chi connectivity index (χ0v) is 10.5. The number of nitrogens with two attached hydrogens (primary N) is 1. The summed E-state index contributed by atoms with van der Waals surface area (Å²) < 4.78 is 0. The molecule has 1 heterocycles. The normalized spacial score (nSPS) is 24.9. The van der Waals surface area contributed by atoms with E-state index in [9.17, 15) is 0 Å². The number of hydrogen-bond donors (Lipinski definition) is 2. The zero-order valence-electron chi connectivity index (χ0n) is 10.5. The van der Waals surface area contributed by atoms with Crippen molar-refractivity contribution in [2.75, 3.05) is 13.1 Å². The van der Waals surface area contributed by atoms with Crippen molar-refractivity contribution >= 4 is 5.96 Å². The summed E-state index contributed by atoms with van der Waals surface area (Å²) >= 11 is 0. The van der Waals surface area contributed by atoms with E-state index in [0.717, 1.165) is 19.0 Å². The van der Waals surface area contributed by atoms with Gasteiger partial charge in [-0.25, -0.2) is 10.8 Å². The summed E-state index contributed by atoms with van der Waals surface area (Å²) in [6, 6.07) is 0.532. The van der Waals surface area contributed by atoms with Gasteiger partial charge < -0.3 is 4.90 Å². The van der Waals surface area contributed by atoms with Gasteiger partial charge in [0.05, 0.1) is 6.04 Å². The first kappa shape index (κ1) is 11.7. The van der Waals surface area contributed by atoms with Gasteiger partial charge in [0.25, 0.3) is 0 Å². The zero-order chi connectivity index (χ0) is 11.6. The quantitative estimate of drug-likeness (QED) is 0.330. The first-order chi connectivity index (χ1) is 7.73. The minimum absolute atomic E-state index is 0.487. The van der Waals surface area contributed by atoms with E-state index >= 15 is 0 Å². The Morgan fingerprint density at radius 2 is 2.12 bits per heavy atom. The van der Waals surface area contributed by atoms with Gasteiger partial charge in [-0.2, -0.15) is 0 Å². The smallest absolute Gasteiger partial charge is 0.208 e. The van der Waals surface area contributed by atoms with Gasteiger partial charge >= 0.3 is 0 Å². The second-order valence-corrected chi connectivity index (χ2v) is 5.21. The Hall–Kier alpha value is -0.770. The summed E-state index contributed by atoms with van der Waals surface area (Å²) in [5.74, 6) is 6.49. The van der Waals surface area contributed by atoms with Crippen molar-refractivity contribution in [1.82, 2.24) is 10.3 Å². The first-order valence-electron chi connectivity index (χ1n) is 6.52. The Labute approximate surface area is 98.3 Å². The number of hydrazine groups is 1. The fraction of sp³-hybridized carbons (Fsp3) is 0.917. The highest BCUT2D eigenvalue weighted by atomic mass is 15.4. The molecule has 2 rings (SSSR count). The minimum Gasteiger partial charge on any atom is -0.341 e. The van der Waals surface area contributed by atoms with Gasteiger partial charge in [0.2, 0.25) is 5.96 Å². The van der Waals surface area contributed by atoms with Crippen LogP contribution in [0.1, 0.15) is 46.0 Å². The lowest BCUT2D eigenvalue weighted by molar-refractivity contribution is 0.276. The Bertz CT molecular complexity index is 266. The number of hydrogen-bond acceptors (Lipinski definition) is 2. The van der Waals surface area contributed by atoms with Crippen LogP contribution in [0.5, 0.6) is 0 Å². The van der Waals surface area contributed by atoms with Gasteiger partial charge in [0.1, 0.15) is 0 Å². The molecule has 1 saturated carbocycles. The third-order valence-electron chi connectivity index (χ3n) is 4.22. The number of guanidine groups is 1. The van der Waals surface area contributed by atoms with E-state index in [1.807, 2.05) is 0 Å². The molecule has 0 atom stereocenters. The van der Waals surface area contributed by atoms with Crippen molar-refractivity contribution in [1.29, 1.82) is 0 Å². The molecule has 16 heavy (non-hydrogen) atoms. The molecule has 2 fully saturated rings. The average Bonchev–Trinajstić information content (AvgIpc) is 3.04. The van der Waals surface area contributed by atoms with E-state index < -0.39 is 0 Å². The third-order valence-corrected chi connectivity index (χ3v) is 4.22. The highest BCUT2D eigenvalue weighted by Gasteiger charge is 2.36. The van der Waals surface area contributed by atoms with E-state index in [0.29, 0.717) is 11.5 Å². The van der Waals surface area contributed by atoms with Gasteiger partial charge in [0, 0.05) is 13.1 Å². The second-order valence-electron chi connectivity index (χ2n) is 5.21.